The summed E-state index contributed by atoms with van der Waals surface area (Å²) >= 11 is 0. The summed E-state index contributed by atoms with van der Waals surface area (Å²) in [5, 5.41) is 23.9. The van der Waals surface area contributed by atoms with Gasteiger partial charge in [-0.25, -0.2) is 0 Å². The Kier molecular flexibility index (Phi) is 5.97. The van der Waals surface area contributed by atoms with Gasteiger partial charge in [0.1, 0.15) is 0 Å². The largest absolute Gasteiger partial charge is 0.389 e. The van der Waals surface area contributed by atoms with E-state index in [1.807, 2.05) is 0 Å². The second-order valence-corrected chi connectivity index (χ2v) is 10.8. The first kappa shape index (κ1) is 20.8. The van der Waals surface area contributed by atoms with Crippen molar-refractivity contribution in [3.63, 3.8) is 0 Å². The predicted octanol–water partition coefficient (Wildman–Crippen LogP) is 5.85. The Bertz CT molecular complexity index is 494. The average molecular weight is 391 g/mol. The van der Waals surface area contributed by atoms with E-state index >= 15 is 0 Å². The minimum Gasteiger partial charge on any atom is -0.389 e. The molecular formula is C25H42O3. The Morgan fingerprint density at radius 1 is 0.429 bits per heavy atom. The normalized spacial score (nSPS) is 31.8. The van der Waals surface area contributed by atoms with Gasteiger partial charge < -0.3 is 10.2 Å². The maximum absolute atomic E-state index is 14.7. The molecule has 0 bridgehead atoms. The second kappa shape index (κ2) is 8.02. The van der Waals surface area contributed by atoms with Crippen LogP contribution < -0.4 is 0 Å². The van der Waals surface area contributed by atoms with Crippen molar-refractivity contribution in [1.29, 1.82) is 0 Å². The zero-order valence-corrected chi connectivity index (χ0v) is 17.9. The van der Waals surface area contributed by atoms with Gasteiger partial charge in [-0.15, -0.1) is 0 Å². The molecule has 160 valence electrons. The van der Waals surface area contributed by atoms with E-state index in [0.29, 0.717) is 5.78 Å². The monoisotopic (exact) mass is 390 g/mol. The highest BCUT2D eigenvalue weighted by molar-refractivity contribution is 5.93. The number of hydrogen-bond acceptors (Lipinski definition) is 3. The minimum absolute atomic E-state index is 0.299. The number of ketones is 1. The van der Waals surface area contributed by atoms with E-state index in [9.17, 15) is 15.0 Å². The molecule has 0 aromatic carbocycles. The van der Waals surface area contributed by atoms with Crippen LogP contribution in [-0.2, 0) is 4.79 Å². The lowest BCUT2D eigenvalue weighted by molar-refractivity contribution is -0.196. The Hall–Kier alpha value is -0.410. The number of hydrogen-bond donors (Lipinski definition) is 2. The lowest BCUT2D eigenvalue weighted by Gasteiger charge is -2.58. The minimum atomic E-state index is -0.835. The molecule has 4 aliphatic carbocycles. The first-order valence-corrected chi connectivity index (χ1v) is 12.5. The van der Waals surface area contributed by atoms with Crippen molar-refractivity contribution in [1.82, 2.24) is 0 Å². The van der Waals surface area contributed by atoms with Gasteiger partial charge in [0.2, 0.25) is 0 Å². The lowest BCUT2D eigenvalue weighted by Crippen LogP contribution is -2.65. The van der Waals surface area contributed by atoms with Gasteiger partial charge in [-0.1, -0.05) is 77.0 Å². The van der Waals surface area contributed by atoms with Gasteiger partial charge in [0.15, 0.2) is 5.78 Å². The van der Waals surface area contributed by atoms with Crippen LogP contribution in [0.3, 0.4) is 0 Å². The Labute approximate surface area is 171 Å². The molecule has 0 aromatic rings. The average Bonchev–Trinajstić information content (AvgIpc) is 2.75. The van der Waals surface area contributed by atoms with E-state index in [1.54, 1.807) is 0 Å². The number of carbonyl (C=O) groups excluding carboxylic acids is 1. The molecule has 0 heterocycles. The molecule has 2 N–H and O–H groups in total. The van der Waals surface area contributed by atoms with Crippen molar-refractivity contribution >= 4 is 5.78 Å². The molecule has 0 saturated heterocycles. The lowest BCUT2D eigenvalue weighted by atomic mass is 9.47. The van der Waals surface area contributed by atoms with Crippen molar-refractivity contribution in [2.75, 3.05) is 0 Å². The summed E-state index contributed by atoms with van der Waals surface area (Å²) in [4.78, 5) is 14.7. The number of aliphatic hydroxyl groups is 2. The molecule has 0 radical (unpaired) electrons. The SMILES string of the molecule is O=C(C1(C2(O)CCCCC2)CCCCC1)C1(C2(O)CCCCC2)CCCCC1. The van der Waals surface area contributed by atoms with Gasteiger partial charge in [-0.05, 0) is 51.4 Å². The molecule has 4 rings (SSSR count). The van der Waals surface area contributed by atoms with Crippen molar-refractivity contribution in [2.24, 2.45) is 10.8 Å². The molecule has 0 unspecified atom stereocenters. The van der Waals surface area contributed by atoms with Crippen LogP contribution in [0.4, 0.5) is 0 Å². The molecule has 0 aliphatic heterocycles. The number of carbonyl (C=O) groups is 1. The third-order valence-corrected chi connectivity index (χ3v) is 9.43. The van der Waals surface area contributed by atoms with Crippen LogP contribution in [0.2, 0.25) is 0 Å². The smallest absolute Gasteiger partial charge is 0.150 e. The summed E-state index contributed by atoms with van der Waals surface area (Å²) in [5.41, 5.74) is -2.87. The van der Waals surface area contributed by atoms with Gasteiger partial charge in [0.25, 0.3) is 0 Å². The van der Waals surface area contributed by atoms with E-state index in [1.165, 1.54) is 25.7 Å². The predicted molar refractivity (Wildman–Crippen MR) is 112 cm³/mol. The molecule has 0 aromatic heterocycles. The molecular weight excluding hydrogens is 348 g/mol. The van der Waals surface area contributed by atoms with Crippen LogP contribution >= 0.6 is 0 Å². The van der Waals surface area contributed by atoms with Crippen LogP contribution in [0, 0.1) is 10.8 Å². The molecule has 4 fully saturated rings. The fraction of sp³-hybridized carbons (Fsp3) is 0.960. The van der Waals surface area contributed by atoms with Crippen LogP contribution in [0.1, 0.15) is 128 Å². The maximum Gasteiger partial charge on any atom is 0.150 e. The molecule has 0 spiro atoms. The van der Waals surface area contributed by atoms with E-state index in [2.05, 4.69) is 0 Å². The second-order valence-electron chi connectivity index (χ2n) is 10.8. The third kappa shape index (κ3) is 3.20. The van der Waals surface area contributed by atoms with E-state index in [0.717, 1.165) is 103 Å². The maximum atomic E-state index is 14.7. The van der Waals surface area contributed by atoms with E-state index < -0.39 is 22.0 Å². The van der Waals surface area contributed by atoms with Gasteiger partial charge >= 0.3 is 0 Å². The molecule has 0 atom stereocenters. The number of Topliss-reactive ketones (excluding diaryl/α,β-unsaturated/α-hetero) is 1. The van der Waals surface area contributed by atoms with Crippen molar-refractivity contribution in [3.05, 3.63) is 0 Å². The van der Waals surface area contributed by atoms with Crippen LogP contribution in [-0.4, -0.2) is 27.2 Å². The topological polar surface area (TPSA) is 57.5 Å². The summed E-state index contributed by atoms with van der Waals surface area (Å²) in [7, 11) is 0. The van der Waals surface area contributed by atoms with E-state index in [-0.39, 0.29) is 0 Å². The van der Waals surface area contributed by atoms with E-state index in [4.69, 9.17) is 0 Å². The van der Waals surface area contributed by atoms with Crippen LogP contribution in [0.25, 0.3) is 0 Å². The third-order valence-electron chi connectivity index (χ3n) is 9.43. The molecule has 28 heavy (non-hydrogen) atoms. The highest BCUT2D eigenvalue weighted by Gasteiger charge is 2.65. The zero-order valence-electron chi connectivity index (χ0n) is 17.9. The summed E-state index contributed by atoms with van der Waals surface area (Å²) in [6.45, 7) is 0. The fourth-order valence-electron chi connectivity index (χ4n) is 7.81. The van der Waals surface area contributed by atoms with Gasteiger partial charge in [0.05, 0.1) is 22.0 Å². The quantitative estimate of drug-likeness (QED) is 0.633. The molecule has 4 aliphatic rings. The Morgan fingerprint density at radius 2 is 0.679 bits per heavy atom. The molecule has 3 heteroatoms. The van der Waals surface area contributed by atoms with Gasteiger partial charge in [-0.2, -0.15) is 0 Å². The Morgan fingerprint density at radius 3 is 0.964 bits per heavy atom. The summed E-state index contributed by atoms with van der Waals surface area (Å²) in [6, 6.07) is 0. The van der Waals surface area contributed by atoms with Crippen molar-refractivity contribution in [3.8, 4) is 0 Å². The summed E-state index contributed by atoms with van der Waals surface area (Å²) in [6.07, 6.45) is 19.7. The standard InChI is InChI=1S/C25H42O3/c26-21(22(13-5-1-6-14-22)24(27)17-9-3-10-18-24)23(15-7-2-8-16-23)25(28)19-11-4-12-20-25/h27-28H,1-20H2. The van der Waals surface area contributed by atoms with Crippen LogP contribution in [0.15, 0.2) is 0 Å². The van der Waals surface area contributed by atoms with Gasteiger partial charge in [-0.3, -0.25) is 4.79 Å². The summed E-state index contributed by atoms with van der Waals surface area (Å²) < 4.78 is 0. The number of rotatable bonds is 4. The Balaban J connectivity index is 1.76. The highest BCUT2D eigenvalue weighted by atomic mass is 16.3. The molecule has 0 amide bonds. The summed E-state index contributed by atoms with van der Waals surface area (Å²) in [5.74, 6) is 0.299. The first-order chi connectivity index (χ1) is 13.5. The first-order valence-electron chi connectivity index (χ1n) is 12.5. The van der Waals surface area contributed by atoms with Crippen molar-refractivity contribution in [2.45, 2.75) is 140 Å². The van der Waals surface area contributed by atoms with Crippen LogP contribution in [0.5, 0.6) is 0 Å². The van der Waals surface area contributed by atoms with Crippen molar-refractivity contribution < 1.29 is 15.0 Å². The fourth-order valence-corrected chi connectivity index (χ4v) is 7.81. The molecule has 3 nitrogen and oxygen atoms in total. The zero-order chi connectivity index (χ0) is 19.7. The molecule has 4 saturated carbocycles. The van der Waals surface area contributed by atoms with Gasteiger partial charge in [0, 0.05) is 0 Å². The highest BCUT2D eigenvalue weighted by Crippen LogP contribution is 2.60.